The van der Waals surface area contributed by atoms with Crippen molar-refractivity contribution < 1.29 is 9.84 Å². The van der Waals surface area contributed by atoms with E-state index in [9.17, 15) is 5.11 Å². The smallest absolute Gasteiger partial charge is 0.0765 e. The van der Waals surface area contributed by atoms with Crippen LogP contribution in [-0.4, -0.2) is 50.1 Å². The van der Waals surface area contributed by atoms with Crippen LogP contribution in [0.1, 0.15) is 26.2 Å². The molecule has 0 aliphatic carbocycles. The van der Waals surface area contributed by atoms with Crippen LogP contribution in [0.5, 0.6) is 0 Å². The molecular formula is C11H24N2O2. The van der Waals surface area contributed by atoms with Crippen LogP contribution in [0.4, 0.5) is 0 Å². The lowest BCUT2D eigenvalue weighted by Gasteiger charge is -2.29. The Morgan fingerprint density at radius 3 is 2.73 bits per heavy atom. The standard InChI is InChI=1S/C11H24N2O2/c1-11(14,5-8-15-2)9-13-10-3-6-12-7-4-10/h10,12-14H,3-9H2,1-2H3. The Labute approximate surface area is 92.4 Å². The Balaban J connectivity index is 2.15. The van der Waals surface area contributed by atoms with Crippen LogP contribution in [0.2, 0.25) is 0 Å². The Morgan fingerprint density at radius 2 is 2.13 bits per heavy atom. The average molecular weight is 216 g/mol. The summed E-state index contributed by atoms with van der Waals surface area (Å²) in [6, 6.07) is 0.556. The summed E-state index contributed by atoms with van der Waals surface area (Å²) in [6.07, 6.45) is 2.99. The number of piperidine rings is 1. The summed E-state index contributed by atoms with van der Waals surface area (Å²) in [4.78, 5) is 0. The molecular weight excluding hydrogens is 192 g/mol. The number of aliphatic hydroxyl groups is 1. The Bertz CT molecular complexity index is 168. The van der Waals surface area contributed by atoms with Crippen LogP contribution in [0.25, 0.3) is 0 Å². The topological polar surface area (TPSA) is 53.5 Å². The normalized spacial score (nSPS) is 22.6. The molecule has 0 aromatic heterocycles. The fraction of sp³-hybridized carbons (Fsp3) is 1.00. The largest absolute Gasteiger partial charge is 0.389 e. The van der Waals surface area contributed by atoms with Crippen molar-refractivity contribution in [3.63, 3.8) is 0 Å². The van der Waals surface area contributed by atoms with Crippen molar-refractivity contribution in [2.24, 2.45) is 0 Å². The van der Waals surface area contributed by atoms with Crippen LogP contribution in [0.15, 0.2) is 0 Å². The fourth-order valence-electron chi connectivity index (χ4n) is 1.80. The highest BCUT2D eigenvalue weighted by molar-refractivity contribution is 4.80. The molecule has 0 aromatic carbocycles. The van der Waals surface area contributed by atoms with E-state index in [-0.39, 0.29) is 0 Å². The van der Waals surface area contributed by atoms with Crippen LogP contribution in [0, 0.1) is 0 Å². The predicted molar refractivity (Wildman–Crippen MR) is 61.0 cm³/mol. The molecule has 4 nitrogen and oxygen atoms in total. The molecule has 1 saturated heterocycles. The van der Waals surface area contributed by atoms with Crippen LogP contribution < -0.4 is 10.6 Å². The molecule has 1 heterocycles. The lowest BCUT2D eigenvalue weighted by molar-refractivity contribution is 0.0219. The van der Waals surface area contributed by atoms with E-state index in [1.807, 2.05) is 6.92 Å². The van der Waals surface area contributed by atoms with Gasteiger partial charge in [0.15, 0.2) is 0 Å². The third-order valence-electron chi connectivity index (χ3n) is 2.96. The van der Waals surface area contributed by atoms with Gasteiger partial charge in [-0.2, -0.15) is 0 Å². The number of hydrogen-bond donors (Lipinski definition) is 3. The van der Waals surface area contributed by atoms with Gasteiger partial charge in [0.2, 0.25) is 0 Å². The van der Waals surface area contributed by atoms with Gasteiger partial charge in [-0.25, -0.2) is 0 Å². The van der Waals surface area contributed by atoms with Gasteiger partial charge in [-0.05, 0) is 32.9 Å². The minimum absolute atomic E-state index is 0.556. The summed E-state index contributed by atoms with van der Waals surface area (Å²) in [5, 5.41) is 16.8. The van der Waals surface area contributed by atoms with E-state index in [1.165, 1.54) is 0 Å². The molecule has 15 heavy (non-hydrogen) atoms. The van der Waals surface area contributed by atoms with E-state index >= 15 is 0 Å². The number of nitrogens with one attached hydrogen (secondary N) is 2. The molecule has 1 aliphatic heterocycles. The van der Waals surface area contributed by atoms with Crippen LogP contribution >= 0.6 is 0 Å². The summed E-state index contributed by atoms with van der Waals surface area (Å²) in [6.45, 7) is 5.29. The van der Waals surface area contributed by atoms with E-state index in [0.717, 1.165) is 25.9 Å². The maximum absolute atomic E-state index is 10.0. The van der Waals surface area contributed by atoms with Gasteiger partial charge < -0.3 is 20.5 Å². The fourth-order valence-corrected chi connectivity index (χ4v) is 1.80. The molecule has 4 heteroatoms. The van der Waals surface area contributed by atoms with Crippen molar-refractivity contribution >= 4 is 0 Å². The molecule has 90 valence electrons. The van der Waals surface area contributed by atoms with Gasteiger partial charge in [0, 0.05) is 32.7 Å². The lowest BCUT2D eigenvalue weighted by Crippen LogP contribution is -2.46. The van der Waals surface area contributed by atoms with Crippen molar-refractivity contribution in [2.45, 2.75) is 37.8 Å². The predicted octanol–water partition coefficient (Wildman–Crippen LogP) is 0.116. The molecule has 1 rings (SSSR count). The lowest BCUT2D eigenvalue weighted by atomic mass is 10.0. The summed E-state index contributed by atoms with van der Waals surface area (Å²) in [5.41, 5.74) is -0.652. The zero-order valence-corrected chi connectivity index (χ0v) is 9.88. The van der Waals surface area contributed by atoms with Crippen LogP contribution in [0.3, 0.4) is 0 Å². The first kappa shape index (κ1) is 12.9. The second kappa shape index (κ2) is 6.43. The van der Waals surface area contributed by atoms with Crippen molar-refractivity contribution in [3.8, 4) is 0 Å². The van der Waals surface area contributed by atoms with Gasteiger partial charge in [-0.1, -0.05) is 0 Å². The minimum Gasteiger partial charge on any atom is -0.389 e. The first-order chi connectivity index (χ1) is 7.14. The third-order valence-corrected chi connectivity index (χ3v) is 2.96. The van der Waals surface area contributed by atoms with E-state index in [0.29, 0.717) is 25.6 Å². The van der Waals surface area contributed by atoms with Gasteiger partial charge >= 0.3 is 0 Å². The van der Waals surface area contributed by atoms with E-state index in [4.69, 9.17) is 4.74 Å². The molecule has 0 radical (unpaired) electrons. The van der Waals surface area contributed by atoms with Crippen molar-refractivity contribution in [2.75, 3.05) is 33.4 Å². The number of rotatable bonds is 6. The van der Waals surface area contributed by atoms with Gasteiger partial charge in [0.05, 0.1) is 5.60 Å². The first-order valence-electron chi connectivity index (χ1n) is 5.79. The molecule has 0 amide bonds. The number of methoxy groups -OCH3 is 1. The SMILES string of the molecule is COCCC(C)(O)CNC1CCNCC1. The summed E-state index contributed by atoms with van der Waals surface area (Å²) in [7, 11) is 1.66. The highest BCUT2D eigenvalue weighted by Gasteiger charge is 2.22. The summed E-state index contributed by atoms with van der Waals surface area (Å²) >= 11 is 0. The number of hydrogen-bond acceptors (Lipinski definition) is 4. The zero-order valence-electron chi connectivity index (χ0n) is 9.88. The molecule has 3 N–H and O–H groups in total. The summed E-state index contributed by atoms with van der Waals surface area (Å²) in [5.74, 6) is 0. The molecule has 0 bridgehead atoms. The average Bonchev–Trinajstić information content (AvgIpc) is 2.25. The van der Waals surface area contributed by atoms with Gasteiger partial charge in [0.25, 0.3) is 0 Å². The van der Waals surface area contributed by atoms with Gasteiger partial charge in [-0.15, -0.1) is 0 Å². The molecule has 0 spiro atoms. The van der Waals surface area contributed by atoms with Crippen molar-refractivity contribution in [3.05, 3.63) is 0 Å². The number of ether oxygens (including phenoxy) is 1. The first-order valence-corrected chi connectivity index (χ1v) is 5.79. The van der Waals surface area contributed by atoms with Gasteiger partial charge in [-0.3, -0.25) is 0 Å². The highest BCUT2D eigenvalue weighted by atomic mass is 16.5. The monoisotopic (exact) mass is 216 g/mol. The van der Waals surface area contributed by atoms with Gasteiger partial charge in [0.1, 0.15) is 0 Å². The van der Waals surface area contributed by atoms with E-state index in [2.05, 4.69) is 10.6 Å². The molecule has 1 aliphatic rings. The Hall–Kier alpha value is -0.160. The summed E-state index contributed by atoms with van der Waals surface area (Å²) < 4.78 is 4.97. The van der Waals surface area contributed by atoms with E-state index < -0.39 is 5.60 Å². The van der Waals surface area contributed by atoms with Crippen molar-refractivity contribution in [1.82, 2.24) is 10.6 Å². The quantitative estimate of drug-likeness (QED) is 0.590. The van der Waals surface area contributed by atoms with Crippen LogP contribution in [-0.2, 0) is 4.74 Å². The molecule has 0 aromatic rings. The molecule has 1 fully saturated rings. The maximum Gasteiger partial charge on any atom is 0.0765 e. The molecule has 1 atom stereocenters. The second-order valence-electron chi connectivity index (χ2n) is 4.64. The zero-order chi connectivity index (χ0) is 11.1. The molecule has 0 saturated carbocycles. The van der Waals surface area contributed by atoms with Crippen molar-refractivity contribution in [1.29, 1.82) is 0 Å². The third kappa shape index (κ3) is 5.47. The molecule has 1 unspecified atom stereocenters. The maximum atomic E-state index is 10.0. The second-order valence-corrected chi connectivity index (χ2v) is 4.64. The highest BCUT2D eigenvalue weighted by Crippen LogP contribution is 2.10. The van der Waals surface area contributed by atoms with E-state index in [1.54, 1.807) is 7.11 Å². The Morgan fingerprint density at radius 1 is 1.47 bits per heavy atom. The Kier molecular flexibility index (Phi) is 5.53. The minimum atomic E-state index is -0.652.